The van der Waals surface area contributed by atoms with Crippen LogP contribution >= 0.6 is 15.9 Å². The molecule has 0 atom stereocenters. The highest BCUT2D eigenvalue weighted by molar-refractivity contribution is 9.10. The van der Waals surface area contributed by atoms with Gasteiger partial charge in [0.05, 0.1) is 5.52 Å². The Hall–Kier alpha value is -1.28. The van der Waals surface area contributed by atoms with E-state index in [2.05, 4.69) is 64.2 Å². The zero-order valence-corrected chi connectivity index (χ0v) is 13.5. The largest absolute Gasteiger partial charge is 0.354 e. The molecule has 0 radical (unpaired) electrons. The molecule has 0 unspecified atom stereocenters. The van der Waals surface area contributed by atoms with Gasteiger partial charge in [0.15, 0.2) is 0 Å². The zero-order valence-electron chi connectivity index (χ0n) is 11.9. The summed E-state index contributed by atoms with van der Waals surface area (Å²) in [7, 11) is 0. The summed E-state index contributed by atoms with van der Waals surface area (Å²) >= 11 is 3.80. The second kappa shape index (κ2) is 6.01. The van der Waals surface area contributed by atoms with Gasteiger partial charge in [0.2, 0.25) is 0 Å². The van der Waals surface area contributed by atoms with Crippen molar-refractivity contribution in [1.82, 2.24) is 4.98 Å². The molecule has 3 aromatic rings. The minimum absolute atomic E-state index is 1.16. The van der Waals surface area contributed by atoms with Crippen LogP contribution in [0.25, 0.3) is 21.8 Å². The maximum atomic E-state index is 3.80. The number of aryl methyl sites for hydroxylation is 1. The number of aromatic amines is 1. The first-order chi connectivity index (χ1) is 9.81. The predicted molar refractivity (Wildman–Crippen MR) is 91.4 cm³/mol. The lowest BCUT2D eigenvalue weighted by molar-refractivity contribution is 0.666. The molecule has 0 spiro atoms. The van der Waals surface area contributed by atoms with Crippen LogP contribution in [0.4, 0.5) is 0 Å². The van der Waals surface area contributed by atoms with Crippen LogP contribution in [0.5, 0.6) is 0 Å². The first-order valence-corrected chi connectivity index (χ1v) is 8.28. The van der Waals surface area contributed by atoms with Gasteiger partial charge in [-0.2, -0.15) is 0 Å². The monoisotopic (exact) mass is 329 g/mol. The van der Waals surface area contributed by atoms with E-state index in [4.69, 9.17) is 0 Å². The molecular formula is C18H20BrN. The minimum atomic E-state index is 1.16. The summed E-state index contributed by atoms with van der Waals surface area (Å²) < 4.78 is 1.24. The van der Waals surface area contributed by atoms with E-state index in [0.29, 0.717) is 0 Å². The molecule has 0 aliphatic carbocycles. The molecule has 0 bridgehead atoms. The number of unbranched alkanes of at least 4 members (excludes halogenated alkanes) is 3. The van der Waals surface area contributed by atoms with E-state index < -0.39 is 0 Å². The number of hydrogen-bond acceptors (Lipinski definition) is 0. The first kappa shape index (κ1) is 13.7. The lowest BCUT2D eigenvalue weighted by Crippen LogP contribution is -1.88. The van der Waals surface area contributed by atoms with Crippen molar-refractivity contribution < 1.29 is 0 Å². The fourth-order valence-corrected chi connectivity index (χ4v) is 3.51. The van der Waals surface area contributed by atoms with Crippen LogP contribution in [0, 0.1) is 0 Å². The van der Waals surface area contributed by atoms with Crippen molar-refractivity contribution in [3.05, 3.63) is 46.4 Å². The van der Waals surface area contributed by atoms with Gasteiger partial charge in [0, 0.05) is 20.8 Å². The van der Waals surface area contributed by atoms with Crippen LogP contribution in [0.15, 0.2) is 40.9 Å². The Labute approximate surface area is 128 Å². The predicted octanol–water partition coefficient (Wildman–Crippen LogP) is 6.21. The third-order valence-electron chi connectivity index (χ3n) is 4.00. The number of para-hydroxylation sites is 1. The van der Waals surface area contributed by atoms with Gasteiger partial charge in [0.25, 0.3) is 0 Å². The number of nitrogens with one attached hydrogen (secondary N) is 1. The fraction of sp³-hybridized carbons (Fsp3) is 0.333. The van der Waals surface area contributed by atoms with Crippen LogP contribution in [-0.4, -0.2) is 4.98 Å². The van der Waals surface area contributed by atoms with E-state index in [1.54, 1.807) is 0 Å². The quantitative estimate of drug-likeness (QED) is 0.536. The molecule has 1 aromatic heterocycles. The molecule has 104 valence electrons. The lowest BCUT2D eigenvalue weighted by Gasteiger charge is -2.05. The van der Waals surface area contributed by atoms with Crippen molar-refractivity contribution in [3.8, 4) is 0 Å². The van der Waals surface area contributed by atoms with Crippen LogP contribution in [0.3, 0.4) is 0 Å². The highest BCUT2D eigenvalue weighted by atomic mass is 79.9. The Kier molecular flexibility index (Phi) is 4.11. The van der Waals surface area contributed by atoms with Gasteiger partial charge in [-0.25, -0.2) is 0 Å². The van der Waals surface area contributed by atoms with Crippen molar-refractivity contribution in [1.29, 1.82) is 0 Å². The summed E-state index contributed by atoms with van der Waals surface area (Å²) in [5, 5.41) is 2.62. The average Bonchev–Trinajstić information content (AvgIpc) is 2.85. The Balaban J connectivity index is 1.96. The van der Waals surface area contributed by atoms with Gasteiger partial charge in [-0.15, -0.1) is 0 Å². The van der Waals surface area contributed by atoms with Crippen molar-refractivity contribution >= 4 is 37.7 Å². The van der Waals surface area contributed by atoms with Crippen molar-refractivity contribution in [3.63, 3.8) is 0 Å². The van der Waals surface area contributed by atoms with Gasteiger partial charge in [0.1, 0.15) is 0 Å². The third-order valence-corrected chi connectivity index (χ3v) is 4.90. The summed E-state index contributed by atoms with van der Waals surface area (Å²) in [4.78, 5) is 3.54. The summed E-state index contributed by atoms with van der Waals surface area (Å²) in [6, 6.07) is 13.0. The van der Waals surface area contributed by atoms with Crippen LogP contribution < -0.4 is 0 Å². The highest BCUT2D eigenvalue weighted by Gasteiger charge is 2.09. The molecule has 0 amide bonds. The normalized spacial score (nSPS) is 11.5. The molecular weight excluding hydrogens is 310 g/mol. The van der Waals surface area contributed by atoms with E-state index in [1.807, 2.05) is 0 Å². The van der Waals surface area contributed by atoms with Crippen LogP contribution in [-0.2, 0) is 6.42 Å². The third kappa shape index (κ3) is 2.49. The first-order valence-electron chi connectivity index (χ1n) is 7.49. The summed E-state index contributed by atoms with van der Waals surface area (Å²) in [5.41, 5.74) is 3.87. The second-order valence-electron chi connectivity index (χ2n) is 5.44. The van der Waals surface area contributed by atoms with Crippen molar-refractivity contribution in [2.24, 2.45) is 0 Å². The van der Waals surface area contributed by atoms with E-state index in [0.717, 1.165) is 6.42 Å². The molecule has 2 aromatic carbocycles. The maximum Gasteiger partial charge on any atom is 0.0612 e. The minimum Gasteiger partial charge on any atom is -0.354 e. The Morgan fingerprint density at radius 3 is 2.65 bits per heavy atom. The standard InChI is InChI=1S/C18H20BrN/c1-2-3-4-5-8-13-11-12-15-14-9-6-7-10-16(14)20-18(15)17(13)19/h6-7,9-12,20H,2-5,8H2,1H3. The molecule has 0 saturated carbocycles. The summed E-state index contributed by atoms with van der Waals surface area (Å²) in [6.07, 6.45) is 6.40. The number of aromatic nitrogens is 1. The number of fused-ring (bicyclic) bond motifs is 3. The van der Waals surface area contributed by atoms with Gasteiger partial charge in [-0.3, -0.25) is 0 Å². The molecule has 0 aliphatic rings. The number of hydrogen-bond donors (Lipinski definition) is 1. The molecule has 3 rings (SSSR count). The molecule has 0 aliphatic heterocycles. The van der Waals surface area contributed by atoms with E-state index in [1.165, 1.54) is 57.5 Å². The van der Waals surface area contributed by atoms with Gasteiger partial charge in [-0.1, -0.05) is 56.5 Å². The highest BCUT2D eigenvalue weighted by Crippen LogP contribution is 2.33. The number of H-pyrrole nitrogens is 1. The zero-order chi connectivity index (χ0) is 13.9. The van der Waals surface area contributed by atoms with Crippen molar-refractivity contribution in [2.75, 3.05) is 0 Å². The average molecular weight is 330 g/mol. The topological polar surface area (TPSA) is 15.8 Å². The molecule has 1 N–H and O–H groups in total. The molecule has 0 fully saturated rings. The Bertz CT molecular complexity index is 727. The fourth-order valence-electron chi connectivity index (χ4n) is 2.86. The number of benzene rings is 2. The van der Waals surface area contributed by atoms with Gasteiger partial charge in [-0.05, 0) is 40.4 Å². The molecule has 20 heavy (non-hydrogen) atoms. The van der Waals surface area contributed by atoms with Crippen LogP contribution in [0.1, 0.15) is 38.2 Å². The smallest absolute Gasteiger partial charge is 0.0612 e. The summed E-state index contributed by atoms with van der Waals surface area (Å²) in [5.74, 6) is 0. The maximum absolute atomic E-state index is 3.80. The van der Waals surface area contributed by atoms with Gasteiger partial charge >= 0.3 is 0 Å². The summed E-state index contributed by atoms with van der Waals surface area (Å²) in [6.45, 7) is 2.26. The van der Waals surface area contributed by atoms with Crippen molar-refractivity contribution in [2.45, 2.75) is 39.0 Å². The van der Waals surface area contributed by atoms with Gasteiger partial charge < -0.3 is 4.98 Å². The van der Waals surface area contributed by atoms with E-state index in [9.17, 15) is 0 Å². The molecule has 2 heteroatoms. The van der Waals surface area contributed by atoms with Crippen LogP contribution in [0.2, 0.25) is 0 Å². The van der Waals surface area contributed by atoms with E-state index >= 15 is 0 Å². The number of halogens is 1. The molecule has 1 heterocycles. The molecule has 1 nitrogen and oxygen atoms in total. The second-order valence-corrected chi connectivity index (χ2v) is 6.24. The lowest BCUT2D eigenvalue weighted by atomic mass is 10.0. The molecule has 0 saturated heterocycles. The Morgan fingerprint density at radius 2 is 1.80 bits per heavy atom. The Morgan fingerprint density at radius 1 is 0.950 bits per heavy atom. The van der Waals surface area contributed by atoms with E-state index in [-0.39, 0.29) is 0 Å². The SMILES string of the molecule is CCCCCCc1ccc2c([nH]c3ccccc32)c1Br. The number of rotatable bonds is 5.